The summed E-state index contributed by atoms with van der Waals surface area (Å²) in [5.74, 6) is -1.97. The number of carbonyl (C=O) groups is 2. The highest BCUT2D eigenvalue weighted by atomic mass is 35.5. The van der Waals surface area contributed by atoms with Gasteiger partial charge in [0.25, 0.3) is 0 Å². The third-order valence-corrected chi connectivity index (χ3v) is 5.46. The fraction of sp³-hybridized carbons (Fsp3) is 0.250. The fourth-order valence-corrected chi connectivity index (χ4v) is 3.84. The number of rotatable bonds is 7. The number of benzene rings is 2. The normalized spacial score (nSPS) is 16.6. The molecule has 6 heteroatoms. The Morgan fingerprint density at radius 1 is 1.33 bits per heavy atom. The number of para-hydroxylation sites is 1. The first-order valence-corrected chi connectivity index (χ1v) is 10.2. The second kappa shape index (κ2) is 9.72. The van der Waals surface area contributed by atoms with E-state index >= 15 is 0 Å². The van der Waals surface area contributed by atoms with Crippen LogP contribution in [0.4, 0.5) is 10.1 Å². The maximum atomic E-state index is 14.0. The van der Waals surface area contributed by atoms with Crippen LogP contribution in [0.2, 0.25) is 5.02 Å². The van der Waals surface area contributed by atoms with Crippen molar-refractivity contribution in [3.63, 3.8) is 0 Å². The maximum absolute atomic E-state index is 14.0. The molecule has 1 unspecified atom stereocenters. The molecule has 0 bridgehead atoms. The molecule has 1 aliphatic heterocycles. The molecule has 0 spiro atoms. The number of amides is 2. The van der Waals surface area contributed by atoms with Gasteiger partial charge in [-0.1, -0.05) is 48.5 Å². The average molecular weight is 427 g/mol. The Kier molecular flexibility index (Phi) is 7.06. The van der Waals surface area contributed by atoms with Gasteiger partial charge in [0.15, 0.2) is 0 Å². The number of halogens is 2. The third kappa shape index (κ3) is 4.79. The number of nitrogens with zero attached hydrogens (tertiary/aromatic N) is 1. The van der Waals surface area contributed by atoms with E-state index in [1.807, 2.05) is 31.2 Å². The van der Waals surface area contributed by atoms with Gasteiger partial charge in [-0.15, -0.1) is 0 Å². The molecule has 0 aromatic heterocycles. The molecule has 156 valence electrons. The topological polar surface area (TPSA) is 49.4 Å². The number of carbonyl (C=O) groups excluding carboxylic acids is 2. The van der Waals surface area contributed by atoms with Crippen molar-refractivity contribution in [2.75, 3.05) is 18.0 Å². The molecular weight excluding hydrogens is 403 g/mol. The zero-order chi connectivity index (χ0) is 21.7. The third-order valence-electron chi connectivity index (χ3n) is 5.22. The Morgan fingerprint density at radius 2 is 2.10 bits per heavy atom. The van der Waals surface area contributed by atoms with E-state index in [1.165, 1.54) is 11.0 Å². The van der Waals surface area contributed by atoms with Crippen molar-refractivity contribution in [1.82, 2.24) is 5.32 Å². The molecule has 1 N–H and O–H groups in total. The molecule has 2 amide bonds. The van der Waals surface area contributed by atoms with Gasteiger partial charge in [-0.25, -0.2) is 4.39 Å². The summed E-state index contributed by atoms with van der Waals surface area (Å²) in [6.07, 6.45) is 4.52. The Balaban J connectivity index is 1.62. The quantitative estimate of drug-likeness (QED) is 0.504. The molecule has 1 saturated heterocycles. The summed E-state index contributed by atoms with van der Waals surface area (Å²) < 4.78 is 14.0. The van der Waals surface area contributed by atoms with E-state index in [0.29, 0.717) is 31.0 Å². The minimum atomic E-state index is -0.802. The van der Waals surface area contributed by atoms with Crippen molar-refractivity contribution in [1.29, 1.82) is 0 Å². The first kappa shape index (κ1) is 21.8. The van der Waals surface area contributed by atoms with Crippen LogP contribution in [0.15, 0.2) is 61.2 Å². The lowest BCUT2D eigenvalue weighted by molar-refractivity contribution is -0.132. The SMILES string of the molecule is C=C/C=C(/CCNC(=O)C1CCN(c2ccccc2F)C1=O)c1cc(Cl)ccc1C. The van der Waals surface area contributed by atoms with Gasteiger partial charge in [0.2, 0.25) is 11.8 Å². The van der Waals surface area contributed by atoms with E-state index in [9.17, 15) is 14.0 Å². The summed E-state index contributed by atoms with van der Waals surface area (Å²) in [6.45, 7) is 6.45. The molecule has 1 aliphatic rings. The molecule has 30 heavy (non-hydrogen) atoms. The summed E-state index contributed by atoms with van der Waals surface area (Å²) in [5.41, 5.74) is 3.28. The van der Waals surface area contributed by atoms with Crippen LogP contribution in [-0.2, 0) is 9.59 Å². The van der Waals surface area contributed by atoms with E-state index in [2.05, 4.69) is 11.9 Å². The molecule has 0 radical (unpaired) electrons. The van der Waals surface area contributed by atoms with Gasteiger partial charge in [0.1, 0.15) is 11.7 Å². The van der Waals surface area contributed by atoms with E-state index in [4.69, 9.17) is 11.6 Å². The van der Waals surface area contributed by atoms with Gasteiger partial charge < -0.3 is 10.2 Å². The molecule has 4 nitrogen and oxygen atoms in total. The number of nitrogens with one attached hydrogen (secondary N) is 1. The van der Waals surface area contributed by atoms with Gasteiger partial charge >= 0.3 is 0 Å². The standard InChI is InChI=1S/C24H24ClFN2O2/c1-3-6-17(20-15-18(25)10-9-16(20)2)11-13-27-23(29)19-12-14-28(24(19)30)22-8-5-4-7-21(22)26/h3-10,15,19H,1,11-14H2,2H3,(H,27,29)/b17-6-. The summed E-state index contributed by atoms with van der Waals surface area (Å²) in [4.78, 5) is 26.6. The number of allylic oxidation sites excluding steroid dienone is 2. The smallest absolute Gasteiger partial charge is 0.239 e. The van der Waals surface area contributed by atoms with Crippen LogP contribution in [0, 0.1) is 18.7 Å². The lowest BCUT2D eigenvalue weighted by Crippen LogP contribution is -2.37. The molecule has 0 aliphatic carbocycles. The number of anilines is 1. The van der Waals surface area contributed by atoms with Gasteiger partial charge in [-0.2, -0.15) is 0 Å². The molecule has 1 heterocycles. The highest BCUT2D eigenvalue weighted by Gasteiger charge is 2.38. The van der Waals surface area contributed by atoms with Gasteiger partial charge in [-0.3, -0.25) is 9.59 Å². The molecule has 2 aromatic carbocycles. The van der Waals surface area contributed by atoms with E-state index < -0.39 is 11.7 Å². The first-order chi connectivity index (χ1) is 14.4. The summed E-state index contributed by atoms with van der Waals surface area (Å²) >= 11 is 6.13. The van der Waals surface area contributed by atoms with Crippen LogP contribution in [0.1, 0.15) is 24.0 Å². The van der Waals surface area contributed by atoms with Crippen LogP contribution < -0.4 is 10.2 Å². The van der Waals surface area contributed by atoms with E-state index in [1.54, 1.807) is 24.3 Å². The molecule has 1 atom stereocenters. The van der Waals surface area contributed by atoms with Gasteiger partial charge in [-0.05, 0) is 60.7 Å². The zero-order valence-electron chi connectivity index (χ0n) is 16.8. The predicted octanol–water partition coefficient (Wildman–Crippen LogP) is 4.92. The second-order valence-corrected chi connectivity index (χ2v) is 7.65. The largest absolute Gasteiger partial charge is 0.355 e. The van der Waals surface area contributed by atoms with Gasteiger partial charge in [0, 0.05) is 18.1 Å². The number of hydrogen-bond acceptors (Lipinski definition) is 2. The zero-order valence-corrected chi connectivity index (χ0v) is 17.6. The molecule has 1 fully saturated rings. The van der Waals surface area contributed by atoms with Crippen molar-refractivity contribution in [2.45, 2.75) is 19.8 Å². The number of aryl methyl sites for hydroxylation is 1. The van der Waals surface area contributed by atoms with Crippen LogP contribution >= 0.6 is 11.6 Å². The highest BCUT2D eigenvalue weighted by Crippen LogP contribution is 2.28. The van der Waals surface area contributed by atoms with Crippen LogP contribution in [0.5, 0.6) is 0 Å². The van der Waals surface area contributed by atoms with Crippen LogP contribution in [0.25, 0.3) is 5.57 Å². The Morgan fingerprint density at radius 3 is 2.83 bits per heavy atom. The monoisotopic (exact) mass is 426 g/mol. The van der Waals surface area contributed by atoms with Crippen molar-refractivity contribution >= 4 is 34.7 Å². The van der Waals surface area contributed by atoms with E-state index in [0.717, 1.165) is 16.7 Å². The molecule has 2 aromatic rings. The Bertz CT molecular complexity index is 1000. The van der Waals surface area contributed by atoms with Crippen molar-refractivity contribution in [3.05, 3.63) is 83.2 Å². The first-order valence-electron chi connectivity index (χ1n) is 9.84. The van der Waals surface area contributed by atoms with Crippen molar-refractivity contribution in [2.24, 2.45) is 5.92 Å². The summed E-state index contributed by atoms with van der Waals surface area (Å²) in [6, 6.07) is 11.8. The Hall–Kier alpha value is -2.92. The molecular formula is C24H24ClFN2O2. The highest BCUT2D eigenvalue weighted by molar-refractivity contribution is 6.30. The molecule has 0 saturated carbocycles. The minimum Gasteiger partial charge on any atom is -0.355 e. The number of hydrogen-bond donors (Lipinski definition) is 1. The van der Waals surface area contributed by atoms with Crippen molar-refractivity contribution in [3.8, 4) is 0 Å². The minimum absolute atomic E-state index is 0.213. The maximum Gasteiger partial charge on any atom is 0.239 e. The van der Waals surface area contributed by atoms with Crippen LogP contribution in [-0.4, -0.2) is 24.9 Å². The Labute approximate surface area is 181 Å². The van der Waals surface area contributed by atoms with Gasteiger partial charge in [0.05, 0.1) is 5.69 Å². The van der Waals surface area contributed by atoms with E-state index in [-0.39, 0.29) is 17.5 Å². The van der Waals surface area contributed by atoms with Crippen LogP contribution in [0.3, 0.4) is 0 Å². The summed E-state index contributed by atoms with van der Waals surface area (Å²) in [7, 11) is 0. The fourth-order valence-electron chi connectivity index (χ4n) is 3.67. The van der Waals surface area contributed by atoms with Crippen molar-refractivity contribution < 1.29 is 14.0 Å². The average Bonchev–Trinajstić information content (AvgIpc) is 3.11. The second-order valence-electron chi connectivity index (χ2n) is 7.21. The summed E-state index contributed by atoms with van der Waals surface area (Å²) in [5, 5.41) is 3.48. The molecule has 3 rings (SSSR count). The lowest BCUT2D eigenvalue weighted by atomic mass is 9.97. The predicted molar refractivity (Wildman–Crippen MR) is 119 cm³/mol. The lowest BCUT2D eigenvalue weighted by Gasteiger charge is -2.17.